The summed E-state index contributed by atoms with van der Waals surface area (Å²) in [5.41, 5.74) is 9.05. The van der Waals surface area contributed by atoms with Crippen molar-refractivity contribution in [1.29, 1.82) is 0 Å². The maximum Gasteiger partial charge on any atom is 0.253 e. The van der Waals surface area contributed by atoms with Crippen LogP contribution in [0.5, 0.6) is 5.75 Å². The van der Waals surface area contributed by atoms with E-state index in [4.69, 9.17) is 22.1 Å². The number of hydrogen-bond acceptors (Lipinski definition) is 3. The number of nitrogens with two attached hydrogens (primary N) is 1. The van der Waals surface area contributed by atoms with E-state index in [1.165, 1.54) is 4.90 Å². The normalized spacial score (nSPS) is 20.6. The van der Waals surface area contributed by atoms with E-state index in [9.17, 15) is 13.6 Å². The van der Waals surface area contributed by atoms with Crippen molar-refractivity contribution >= 4 is 17.5 Å². The molecule has 1 amide bonds. The van der Waals surface area contributed by atoms with Gasteiger partial charge >= 0.3 is 0 Å². The summed E-state index contributed by atoms with van der Waals surface area (Å²) in [5, 5.41) is 0.540. The Morgan fingerprint density at radius 2 is 1.86 bits per heavy atom. The number of nitrogens with zero attached hydrogens (tertiary/aromatic N) is 1. The van der Waals surface area contributed by atoms with E-state index in [1.54, 1.807) is 12.1 Å². The number of alkyl halides is 2. The summed E-state index contributed by atoms with van der Waals surface area (Å²) in [5.74, 6) is -2.19. The summed E-state index contributed by atoms with van der Waals surface area (Å²) in [4.78, 5) is 14.1. The maximum absolute atomic E-state index is 13.3. The third kappa shape index (κ3) is 3.71. The average molecular weight is 407 g/mol. The first-order valence-corrected chi connectivity index (χ1v) is 9.71. The quantitative estimate of drug-likeness (QED) is 0.833. The predicted octanol–water partition coefficient (Wildman–Crippen LogP) is 4.14. The summed E-state index contributed by atoms with van der Waals surface area (Å²) in [6, 6.07) is 11.0. The highest BCUT2D eigenvalue weighted by Gasteiger charge is 2.35. The van der Waals surface area contributed by atoms with Gasteiger partial charge in [0.1, 0.15) is 11.9 Å². The first kappa shape index (κ1) is 19.2. The van der Waals surface area contributed by atoms with E-state index < -0.39 is 5.92 Å². The lowest BCUT2D eigenvalue weighted by molar-refractivity contribution is -0.0494. The van der Waals surface area contributed by atoms with Crippen LogP contribution >= 0.6 is 11.6 Å². The minimum Gasteiger partial charge on any atom is -0.487 e. The molecule has 7 heteroatoms. The third-order valence-electron chi connectivity index (χ3n) is 5.36. The van der Waals surface area contributed by atoms with Crippen LogP contribution in [0.3, 0.4) is 0 Å². The molecule has 0 bridgehead atoms. The molecule has 1 unspecified atom stereocenters. The highest BCUT2D eigenvalue weighted by molar-refractivity contribution is 6.32. The molecule has 148 valence electrons. The molecule has 1 fully saturated rings. The molecule has 0 saturated carbocycles. The van der Waals surface area contributed by atoms with E-state index in [0.717, 1.165) is 23.1 Å². The lowest BCUT2D eigenvalue weighted by atomic mass is 9.99. The van der Waals surface area contributed by atoms with Crippen molar-refractivity contribution < 1.29 is 18.3 Å². The number of piperidine rings is 1. The molecule has 2 aromatic carbocycles. The second-order valence-corrected chi connectivity index (χ2v) is 7.76. The summed E-state index contributed by atoms with van der Waals surface area (Å²) in [6.45, 7) is 0.590. The molecule has 0 spiro atoms. The monoisotopic (exact) mass is 406 g/mol. The Kier molecular flexibility index (Phi) is 5.02. The molecule has 4 nitrogen and oxygen atoms in total. The van der Waals surface area contributed by atoms with Gasteiger partial charge in [0.25, 0.3) is 11.8 Å². The van der Waals surface area contributed by atoms with Gasteiger partial charge in [0.2, 0.25) is 0 Å². The van der Waals surface area contributed by atoms with Crippen molar-refractivity contribution in [2.24, 2.45) is 5.73 Å². The lowest BCUT2D eigenvalue weighted by Gasteiger charge is -2.31. The minimum absolute atomic E-state index is 0.0559. The number of rotatable bonds is 3. The smallest absolute Gasteiger partial charge is 0.253 e. The Morgan fingerprint density at radius 1 is 1.18 bits per heavy atom. The van der Waals surface area contributed by atoms with Gasteiger partial charge in [-0.3, -0.25) is 4.79 Å². The molecule has 0 aliphatic carbocycles. The fraction of sp³-hybridized carbons (Fsp3) is 0.381. The van der Waals surface area contributed by atoms with Gasteiger partial charge in [0.05, 0.1) is 5.02 Å². The predicted molar refractivity (Wildman–Crippen MR) is 104 cm³/mol. The van der Waals surface area contributed by atoms with Crippen LogP contribution in [0.15, 0.2) is 36.4 Å². The van der Waals surface area contributed by atoms with Crippen LogP contribution in [0.1, 0.15) is 28.8 Å². The molecule has 4 rings (SSSR count). The highest BCUT2D eigenvalue weighted by Crippen LogP contribution is 2.39. The van der Waals surface area contributed by atoms with Crippen LogP contribution in [0.25, 0.3) is 11.1 Å². The topological polar surface area (TPSA) is 55.6 Å². The fourth-order valence-corrected chi connectivity index (χ4v) is 3.99. The van der Waals surface area contributed by atoms with Gasteiger partial charge in [-0.1, -0.05) is 23.7 Å². The second-order valence-electron chi connectivity index (χ2n) is 7.35. The number of carbonyl (C=O) groups is 1. The van der Waals surface area contributed by atoms with Gasteiger partial charge in [0.15, 0.2) is 0 Å². The van der Waals surface area contributed by atoms with Crippen LogP contribution in [0.4, 0.5) is 8.78 Å². The molecule has 0 radical (unpaired) electrons. The van der Waals surface area contributed by atoms with Crippen LogP contribution < -0.4 is 10.5 Å². The molecular formula is C21H21ClF2N2O2. The van der Waals surface area contributed by atoms with Gasteiger partial charge in [-0.2, -0.15) is 0 Å². The average Bonchev–Trinajstić information content (AvgIpc) is 3.11. The maximum atomic E-state index is 13.3. The Balaban J connectivity index is 1.51. The van der Waals surface area contributed by atoms with E-state index in [-0.39, 0.29) is 37.9 Å². The number of carbonyl (C=O) groups excluding carboxylic acids is 1. The molecule has 2 N–H and O–H groups in total. The molecule has 28 heavy (non-hydrogen) atoms. The Bertz CT molecular complexity index is 892. The van der Waals surface area contributed by atoms with Crippen LogP contribution in [0, 0.1) is 0 Å². The van der Waals surface area contributed by atoms with Crippen LogP contribution in [-0.2, 0) is 6.42 Å². The number of amides is 1. The first-order valence-electron chi connectivity index (χ1n) is 9.33. The van der Waals surface area contributed by atoms with Crippen molar-refractivity contribution in [3.8, 4) is 16.9 Å². The SMILES string of the molecule is NCC1Cc2cc(-c3ccc(C(=O)N4CCC(F)(F)CC4)cc3)cc(Cl)c2O1. The van der Waals surface area contributed by atoms with Gasteiger partial charge in [0, 0.05) is 50.0 Å². The van der Waals surface area contributed by atoms with Crippen molar-refractivity contribution in [3.05, 3.63) is 52.5 Å². The molecule has 2 aliphatic heterocycles. The lowest BCUT2D eigenvalue weighted by Crippen LogP contribution is -2.42. The first-order chi connectivity index (χ1) is 13.4. The van der Waals surface area contributed by atoms with Gasteiger partial charge < -0.3 is 15.4 Å². The fourth-order valence-electron chi connectivity index (χ4n) is 3.71. The van der Waals surface area contributed by atoms with E-state index in [1.807, 2.05) is 24.3 Å². The Hall–Kier alpha value is -2.18. The molecule has 2 aliphatic rings. The van der Waals surface area contributed by atoms with Gasteiger partial charge in [-0.25, -0.2) is 8.78 Å². The van der Waals surface area contributed by atoms with E-state index in [0.29, 0.717) is 22.9 Å². The Labute approximate surface area is 167 Å². The number of benzene rings is 2. The van der Waals surface area contributed by atoms with E-state index >= 15 is 0 Å². The molecular weight excluding hydrogens is 386 g/mol. The largest absolute Gasteiger partial charge is 0.487 e. The molecule has 1 atom stereocenters. The second kappa shape index (κ2) is 7.33. The summed E-state index contributed by atoms with van der Waals surface area (Å²) < 4.78 is 32.3. The zero-order valence-corrected chi connectivity index (χ0v) is 16.0. The van der Waals surface area contributed by atoms with E-state index in [2.05, 4.69) is 0 Å². The van der Waals surface area contributed by atoms with Gasteiger partial charge in [-0.05, 0) is 35.4 Å². The van der Waals surface area contributed by atoms with Gasteiger partial charge in [-0.15, -0.1) is 0 Å². The zero-order valence-electron chi connectivity index (χ0n) is 15.3. The third-order valence-corrected chi connectivity index (χ3v) is 5.64. The van der Waals surface area contributed by atoms with Crippen LogP contribution in [0.2, 0.25) is 5.02 Å². The van der Waals surface area contributed by atoms with Crippen molar-refractivity contribution in [2.75, 3.05) is 19.6 Å². The Morgan fingerprint density at radius 3 is 2.50 bits per heavy atom. The summed E-state index contributed by atoms with van der Waals surface area (Å²) >= 11 is 6.37. The summed E-state index contributed by atoms with van der Waals surface area (Å²) in [7, 11) is 0. The van der Waals surface area contributed by atoms with Crippen molar-refractivity contribution in [3.63, 3.8) is 0 Å². The summed E-state index contributed by atoms with van der Waals surface area (Å²) in [6.07, 6.45) is 0.0991. The number of likely N-dealkylation sites (tertiary alicyclic amines) is 1. The number of hydrogen-bond donors (Lipinski definition) is 1. The van der Waals surface area contributed by atoms with Crippen molar-refractivity contribution in [2.45, 2.75) is 31.3 Å². The highest BCUT2D eigenvalue weighted by atomic mass is 35.5. The number of ether oxygens (including phenoxy) is 1. The molecule has 2 heterocycles. The van der Waals surface area contributed by atoms with Crippen molar-refractivity contribution in [1.82, 2.24) is 4.90 Å². The standard InChI is InChI=1S/C21H21ClF2N2O2/c22-18-11-15(9-16-10-17(12-25)28-19(16)18)13-1-3-14(4-2-13)20(27)26-7-5-21(23,24)6-8-26/h1-4,9,11,17H,5-8,10,12,25H2. The van der Waals surface area contributed by atoms with Crippen LogP contribution in [-0.4, -0.2) is 42.5 Å². The zero-order chi connectivity index (χ0) is 19.9. The number of halogens is 3. The molecule has 1 saturated heterocycles. The molecule has 2 aromatic rings. The minimum atomic E-state index is -2.67. The number of fused-ring (bicyclic) bond motifs is 1. The molecule has 0 aromatic heterocycles.